The first kappa shape index (κ1) is 19.4. The lowest BCUT2D eigenvalue weighted by Crippen LogP contribution is -2.16. The Balaban J connectivity index is 1.57. The maximum atomic E-state index is 12.2. The molecular formula is C18H20N4O3S2. The molecule has 0 spiro atoms. The second kappa shape index (κ2) is 8.53. The summed E-state index contributed by atoms with van der Waals surface area (Å²) in [4.78, 5) is 29.3. The molecule has 3 aromatic rings. The summed E-state index contributed by atoms with van der Waals surface area (Å²) in [5.74, 6) is 1.63. The molecule has 9 heteroatoms. The van der Waals surface area contributed by atoms with Crippen LogP contribution in [0.4, 0.5) is 5.69 Å². The van der Waals surface area contributed by atoms with Gasteiger partial charge in [0.05, 0.1) is 18.6 Å². The third-order valence-corrected chi connectivity index (χ3v) is 5.84. The van der Waals surface area contributed by atoms with Gasteiger partial charge in [0.15, 0.2) is 0 Å². The van der Waals surface area contributed by atoms with Crippen LogP contribution in [-0.4, -0.2) is 33.4 Å². The van der Waals surface area contributed by atoms with Crippen LogP contribution >= 0.6 is 23.1 Å². The van der Waals surface area contributed by atoms with E-state index in [9.17, 15) is 9.59 Å². The van der Waals surface area contributed by atoms with Crippen LogP contribution in [0.1, 0.15) is 30.5 Å². The first-order valence-electron chi connectivity index (χ1n) is 8.37. The van der Waals surface area contributed by atoms with Crippen LogP contribution in [0.25, 0.3) is 4.96 Å². The Hall–Kier alpha value is -2.39. The fourth-order valence-corrected chi connectivity index (χ4v) is 3.94. The maximum Gasteiger partial charge on any atom is 0.275 e. The van der Waals surface area contributed by atoms with Crippen LogP contribution in [0.5, 0.6) is 5.75 Å². The molecule has 0 bridgehead atoms. The first-order chi connectivity index (χ1) is 13.0. The quantitative estimate of drug-likeness (QED) is 0.651. The van der Waals surface area contributed by atoms with E-state index in [-0.39, 0.29) is 23.1 Å². The van der Waals surface area contributed by atoms with E-state index in [1.807, 2.05) is 13.8 Å². The standard InChI is InChI=1S/C18H20N4O3S2/c1-11(2)17-21-22-16(24)8-13(20-18(22)27-17)9-26-10-15(23)19-12-4-6-14(25-3)7-5-12/h4-8,11H,9-10H2,1-3H3,(H,19,23). The molecule has 0 radical (unpaired) electrons. The molecule has 0 aliphatic rings. The van der Waals surface area contributed by atoms with Crippen molar-refractivity contribution in [1.82, 2.24) is 14.6 Å². The number of thioether (sulfide) groups is 1. The highest BCUT2D eigenvalue weighted by atomic mass is 32.2. The highest BCUT2D eigenvalue weighted by Gasteiger charge is 2.12. The van der Waals surface area contributed by atoms with Crippen LogP contribution in [0.15, 0.2) is 35.1 Å². The number of carbonyl (C=O) groups is 1. The Labute approximate surface area is 164 Å². The summed E-state index contributed by atoms with van der Waals surface area (Å²) in [6, 6.07) is 8.62. The minimum absolute atomic E-state index is 0.108. The minimum Gasteiger partial charge on any atom is -0.497 e. The molecule has 0 atom stereocenters. The van der Waals surface area contributed by atoms with Gasteiger partial charge in [-0.2, -0.15) is 9.61 Å². The Morgan fingerprint density at radius 2 is 2.07 bits per heavy atom. The lowest BCUT2D eigenvalue weighted by atomic mass is 10.2. The average Bonchev–Trinajstić information content (AvgIpc) is 3.07. The average molecular weight is 405 g/mol. The number of benzene rings is 1. The van der Waals surface area contributed by atoms with Gasteiger partial charge in [-0.3, -0.25) is 9.59 Å². The van der Waals surface area contributed by atoms with Crippen LogP contribution in [0.2, 0.25) is 0 Å². The zero-order chi connectivity index (χ0) is 19.4. The predicted octanol–water partition coefficient (Wildman–Crippen LogP) is 3.15. The molecule has 142 valence electrons. The summed E-state index contributed by atoms with van der Waals surface area (Å²) in [5.41, 5.74) is 1.17. The monoisotopic (exact) mass is 404 g/mol. The van der Waals surface area contributed by atoms with Crippen molar-refractivity contribution in [3.05, 3.63) is 51.4 Å². The largest absolute Gasteiger partial charge is 0.497 e. The molecule has 2 aromatic heterocycles. The van der Waals surface area contributed by atoms with Crippen molar-refractivity contribution < 1.29 is 9.53 Å². The number of carbonyl (C=O) groups excluding carboxylic acids is 1. The number of nitrogens with zero attached hydrogens (tertiary/aromatic N) is 3. The van der Waals surface area contributed by atoms with Gasteiger partial charge < -0.3 is 10.1 Å². The van der Waals surface area contributed by atoms with Crippen molar-refractivity contribution in [3.63, 3.8) is 0 Å². The van der Waals surface area contributed by atoms with Gasteiger partial charge in [0.25, 0.3) is 5.56 Å². The first-order valence-corrected chi connectivity index (χ1v) is 10.3. The zero-order valence-electron chi connectivity index (χ0n) is 15.3. The normalized spacial score (nSPS) is 11.1. The van der Waals surface area contributed by atoms with E-state index < -0.39 is 0 Å². The van der Waals surface area contributed by atoms with Crippen LogP contribution in [0.3, 0.4) is 0 Å². The Kier molecular flexibility index (Phi) is 6.12. The highest BCUT2D eigenvalue weighted by Crippen LogP contribution is 2.21. The fraction of sp³-hybridized carbons (Fsp3) is 0.333. The second-order valence-electron chi connectivity index (χ2n) is 6.14. The van der Waals surface area contributed by atoms with Crippen molar-refractivity contribution in [2.75, 3.05) is 18.2 Å². The molecule has 1 aromatic carbocycles. The molecule has 0 aliphatic carbocycles. The number of fused-ring (bicyclic) bond motifs is 1. The van der Waals surface area contributed by atoms with E-state index in [1.54, 1.807) is 31.4 Å². The zero-order valence-corrected chi connectivity index (χ0v) is 16.9. The Morgan fingerprint density at radius 1 is 1.33 bits per heavy atom. The number of rotatable bonds is 7. The number of hydrogen-bond donors (Lipinski definition) is 1. The summed E-state index contributed by atoms with van der Waals surface area (Å²) in [6.45, 7) is 4.06. The maximum absolute atomic E-state index is 12.2. The lowest BCUT2D eigenvalue weighted by Gasteiger charge is -2.06. The summed E-state index contributed by atoms with van der Waals surface area (Å²) in [6.07, 6.45) is 0. The van der Waals surface area contributed by atoms with Gasteiger partial charge in [-0.1, -0.05) is 25.2 Å². The van der Waals surface area contributed by atoms with Gasteiger partial charge >= 0.3 is 0 Å². The molecule has 27 heavy (non-hydrogen) atoms. The van der Waals surface area contributed by atoms with Gasteiger partial charge in [-0.05, 0) is 24.3 Å². The van der Waals surface area contributed by atoms with Gasteiger partial charge in [0.2, 0.25) is 10.9 Å². The van der Waals surface area contributed by atoms with E-state index >= 15 is 0 Å². The number of ether oxygens (including phenoxy) is 1. The summed E-state index contributed by atoms with van der Waals surface area (Å²) < 4.78 is 6.43. The van der Waals surface area contributed by atoms with Gasteiger partial charge in [-0.15, -0.1) is 11.8 Å². The van der Waals surface area contributed by atoms with E-state index in [2.05, 4.69) is 15.4 Å². The summed E-state index contributed by atoms with van der Waals surface area (Å²) in [7, 11) is 1.59. The topological polar surface area (TPSA) is 85.6 Å². The number of aromatic nitrogens is 3. The second-order valence-corrected chi connectivity index (χ2v) is 8.12. The molecule has 7 nitrogen and oxygen atoms in total. The van der Waals surface area contributed by atoms with Gasteiger partial charge in [0, 0.05) is 23.4 Å². The summed E-state index contributed by atoms with van der Waals surface area (Å²) in [5, 5.41) is 8.01. The van der Waals surface area contributed by atoms with Crippen LogP contribution < -0.4 is 15.6 Å². The van der Waals surface area contributed by atoms with E-state index in [0.29, 0.717) is 22.1 Å². The third kappa shape index (κ3) is 4.86. The van der Waals surface area contributed by atoms with Gasteiger partial charge in [-0.25, -0.2) is 4.98 Å². The molecule has 0 fully saturated rings. The van der Waals surface area contributed by atoms with Gasteiger partial charge in [0.1, 0.15) is 10.8 Å². The molecule has 0 saturated carbocycles. The van der Waals surface area contributed by atoms with Crippen LogP contribution in [-0.2, 0) is 10.5 Å². The van der Waals surface area contributed by atoms with Crippen molar-refractivity contribution in [3.8, 4) is 5.75 Å². The Morgan fingerprint density at radius 3 is 2.74 bits per heavy atom. The molecule has 2 heterocycles. The molecule has 1 amide bonds. The van der Waals surface area contributed by atoms with E-state index in [4.69, 9.17) is 4.74 Å². The molecule has 0 saturated heterocycles. The number of nitrogens with one attached hydrogen (secondary N) is 1. The highest BCUT2D eigenvalue weighted by molar-refractivity contribution is 7.99. The molecular weight excluding hydrogens is 384 g/mol. The summed E-state index contributed by atoms with van der Waals surface area (Å²) >= 11 is 2.83. The Bertz CT molecular complexity index is 996. The van der Waals surface area contributed by atoms with E-state index in [0.717, 1.165) is 10.8 Å². The minimum atomic E-state index is -0.193. The molecule has 0 aliphatic heterocycles. The number of amides is 1. The van der Waals surface area contributed by atoms with Crippen molar-refractivity contribution in [2.24, 2.45) is 0 Å². The van der Waals surface area contributed by atoms with Crippen LogP contribution in [0, 0.1) is 0 Å². The SMILES string of the molecule is COc1ccc(NC(=O)CSCc2cc(=O)n3nc(C(C)C)sc3n2)cc1. The third-order valence-electron chi connectivity index (χ3n) is 3.66. The number of methoxy groups -OCH3 is 1. The predicted molar refractivity (Wildman–Crippen MR) is 109 cm³/mol. The van der Waals surface area contributed by atoms with Crippen molar-refractivity contribution in [2.45, 2.75) is 25.5 Å². The smallest absolute Gasteiger partial charge is 0.275 e. The number of anilines is 1. The fourth-order valence-electron chi connectivity index (χ4n) is 2.30. The lowest BCUT2D eigenvalue weighted by molar-refractivity contribution is -0.113. The van der Waals surface area contributed by atoms with Crippen molar-refractivity contribution in [1.29, 1.82) is 0 Å². The molecule has 0 unspecified atom stereocenters. The van der Waals surface area contributed by atoms with Crippen molar-refractivity contribution >= 4 is 39.7 Å². The molecule has 3 rings (SSSR count). The number of hydrogen-bond acceptors (Lipinski definition) is 7. The molecule has 1 N–H and O–H groups in total. The van der Waals surface area contributed by atoms with E-state index in [1.165, 1.54) is 33.7 Å².